The SMILES string of the molecule is CC1C=CC=C2C(=C1)CNC2C. The van der Waals surface area contributed by atoms with Gasteiger partial charge in [0.15, 0.2) is 0 Å². The van der Waals surface area contributed by atoms with Gasteiger partial charge in [0.25, 0.3) is 0 Å². The minimum Gasteiger partial charge on any atom is -0.306 e. The van der Waals surface area contributed by atoms with Crippen LogP contribution in [0.1, 0.15) is 13.8 Å². The highest BCUT2D eigenvalue weighted by atomic mass is 14.9. The summed E-state index contributed by atoms with van der Waals surface area (Å²) in [5, 5.41) is 3.44. The summed E-state index contributed by atoms with van der Waals surface area (Å²) >= 11 is 0. The van der Waals surface area contributed by atoms with E-state index in [0.29, 0.717) is 12.0 Å². The molecule has 0 aromatic carbocycles. The highest BCUT2D eigenvalue weighted by Crippen LogP contribution is 2.24. The van der Waals surface area contributed by atoms with E-state index < -0.39 is 0 Å². The van der Waals surface area contributed by atoms with Crippen LogP contribution in [0.5, 0.6) is 0 Å². The van der Waals surface area contributed by atoms with Crippen LogP contribution in [0.3, 0.4) is 0 Å². The summed E-state index contributed by atoms with van der Waals surface area (Å²) in [5.74, 6) is 0.584. The van der Waals surface area contributed by atoms with Crippen LogP contribution >= 0.6 is 0 Å². The van der Waals surface area contributed by atoms with Crippen molar-refractivity contribution in [3.05, 3.63) is 35.5 Å². The van der Waals surface area contributed by atoms with Gasteiger partial charge in [0.2, 0.25) is 0 Å². The molecule has 1 heterocycles. The van der Waals surface area contributed by atoms with E-state index in [1.165, 1.54) is 11.1 Å². The van der Waals surface area contributed by atoms with E-state index in [9.17, 15) is 0 Å². The predicted octanol–water partition coefficient (Wildman–Crippen LogP) is 2.04. The lowest BCUT2D eigenvalue weighted by atomic mass is 10.0. The highest BCUT2D eigenvalue weighted by molar-refractivity contribution is 5.44. The number of rotatable bonds is 0. The Bertz CT molecular complexity index is 271. The van der Waals surface area contributed by atoms with Crippen LogP contribution in [0, 0.1) is 5.92 Å². The minimum absolute atomic E-state index is 0.534. The fraction of sp³-hybridized carbons (Fsp3) is 0.455. The van der Waals surface area contributed by atoms with E-state index in [0.717, 1.165) is 6.54 Å². The van der Waals surface area contributed by atoms with Crippen molar-refractivity contribution in [3.63, 3.8) is 0 Å². The van der Waals surface area contributed by atoms with Crippen molar-refractivity contribution in [3.8, 4) is 0 Å². The first-order chi connectivity index (χ1) is 5.77. The molecule has 0 amide bonds. The van der Waals surface area contributed by atoms with Gasteiger partial charge in [-0.15, -0.1) is 0 Å². The molecule has 2 rings (SSSR count). The molecule has 2 atom stereocenters. The van der Waals surface area contributed by atoms with Crippen LogP contribution in [0.15, 0.2) is 35.5 Å². The van der Waals surface area contributed by atoms with Crippen molar-refractivity contribution < 1.29 is 0 Å². The zero-order chi connectivity index (χ0) is 8.55. The topological polar surface area (TPSA) is 12.0 Å². The van der Waals surface area contributed by atoms with Crippen LogP contribution < -0.4 is 5.32 Å². The van der Waals surface area contributed by atoms with Crippen molar-refractivity contribution in [2.75, 3.05) is 6.54 Å². The molecule has 1 aliphatic carbocycles. The Labute approximate surface area is 73.9 Å². The van der Waals surface area contributed by atoms with Crippen molar-refractivity contribution in [2.24, 2.45) is 5.92 Å². The molecule has 0 aromatic heterocycles. The van der Waals surface area contributed by atoms with Gasteiger partial charge in [-0.2, -0.15) is 0 Å². The third-order valence-corrected chi connectivity index (χ3v) is 2.59. The summed E-state index contributed by atoms with van der Waals surface area (Å²) in [4.78, 5) is 0. The Balaban J connectivity index is 2.36. The van der Waals surface area contributed by atoms with Gasteiger partial charge in [0, 0.05) is 12.6 Å². The third-order valence-electron chi connectivity index (χ3n) is 2.59. The zero-order valence-corrected chi connectivity index (χ0v) is 7.67. The monoisotopic (exact) mass is 161 g/mol. The molecule has 64 valence electrons. The first-order valence-electron chi connectivity index (χ1n) is 4.60. The Morgan fingerprint density at radius 1 is 1.42 bits per heavy atom. The molecule has 2 aliphatic rings. The first kappa shape index (κ1) is 7.81. The molecule has 2 unspecified atom stereocenters. The number of fused-ring (bicyclic) bond motifs is 1. The summed E-state index contributed by atoms with van der Waals surface area (Å²) in [5.41, 5.74) is 2.95. The lowest BCUT2D eigenvalue weighted by Gasteiger charge is -2.03. The summed E-state index contributed by atoms with van der Waals surface area (Å²) in [6.45, 7) is 5.48. The van der Waals surface area contributed by atoms with E-state index in [2.05, 4.69) is 43.5 Å². The van der Waals surface area contributed by atoms with Gasteiger partial charge >= 0.3 is 0 Å². The summed E-state index contributed by atoms with van der Waals surface area (Å²) < 4.78 is 0. The molecule has 0 saturated carbocycles. The van der Waals surface area contributed by atoms with Gasteiger partial charge in [-0.25, -0.2) is 0 Å². The zero-order valence-electron chi connectivity index (χ0n) is 7.67. The van der Waals surface area contributed by atoms with Gasteiger partial charge < -0.3 is 5.32 Å². The number of nitrogens with one attached hydrogen (secondary N) is 1. The average molecular weight is 161 g/mol. The van der Waals surface area contributed by atoms with E-state index in [1.54, 1.807) is 0 Å². The Morgan fingerprint density at radius 2 is 2.25 bits per heavy atom. The third kappa shape index (κ3) is 1.25. The molecule has 0 bridgehead atoms. The van der Waals surface area contributed by atoms with Crippen LogP contribution in [-0.2, 0) is 0 Å². The second-order valence-electron chi connectivity index (χ2n) is 3.66. The van der Waals surface area contributed by atoms with E-state index >= 15 is 0 Å². The highest BCUT2D eigenvalue weighted by Gasteiger charge is 2.20. The summed E-state index contributed by atoms with van der Waals surface area (Å²) in [6, 6.07) is 0.534. The molecular formula is C11H15N. The van der Waals surface area contributed by atoms with Crippen LogP contribution in [0.2, 0.25) is 0 Å². The number of hydrogen-bond acceptors (Lipinski definition) is 1. The van der Waals surface area contributed by atoms with Crippen LogP contribution in [-0.4, -0.2) is 12.6 Å². The molecule has 1 saturated heterocycles. The van der Waals surface area contributed by atoms with E-state index in [1.807, 2.05) is 0 Å². The largest absolute Gasteiger partial charge is 0.306 e. The van der Waals surface area contributed by atoms with Crippen molar-refractivity contribution in [2.45, 2.75) is 19.9 Å². The van der Waals surface area contributed by atoms with Crippen LogP contribution in [0.4, 0.5) is 0 Å². The van der Waals surface area contributed by atoms with E-state index in [-0.39, 0.29) is 0 Å². The predicted molar refractivity (Wildman–Crippen MR) is 51.9 cm³/mol. The standard InChI is InChI=1S/C11H15N/c1-8-4-3-5-11-9(2)12-7-10(11)6-8/h3-6,8-9,12H,7H2,1-2H3. The molecule has 12 heavy (non-hydrogen) atoms. The Kier molecular flexibility index (Phi) is 1.89. The first-order valence-corrected chi connectivity index (χ1v) is 4.60. The molecule has 1 N–H and O–H groups in total. The lowest BCUT2D eigenvalue weighted by molar-refractivity contribution is 0.724. The van der Waals surface area contributed by atoms with Gasteiger partial charge in [-0.05, 0) is 24.0 Å². The quantitative estimate of drug-likeness (QED) is 0.573. The molecule has 0 aromatic rings. The fourth-order valence-electron chi connectivity index (χ4n) is 1.87. The van der Waals surface area contributed by atoms with Crippen LogP contribution in [0.25, 0.3) is 0 Å². The normalized spacial score (nSPS) is 33.8. The average Bonchev–Trinajstić information content (AvgIpc) is 2.31. The van der Waals surface area contributed by atoms with E-state index in [4.69, 9.17) is 0 Å². The summed E-state index contributed by atoms with van der Waals surface area (Å²) in [7, 11) is 0. The van der Waals surface area contributed by atoms with Gasteiger partial charge in [-0.3, -0.25) is 0 Å². The molecule has 1 nitrogen and oxygen atoms in total. The molecule has 1 aliphatic heterocycles. The van der Waals surface area contributed by atoms with Gasteiger partial charge in [-0.1, -0.05) is 31.2 Å². The minimum atomic E-state index is 0.534. The van der Waals surface area contributed by atoms with Gasteiger partial charge in [0.05, 0.1) is 0 Å². The van der Waals surface area contributed by atoms with Gasteiger partial charge in [0.1, 0.15) is 0 Å². The Hall–Kier alpha value is -0.820. The Morgan fingerprint density at radius 3 is 3.08 bits per heavy atom. The molecule has 1 fully saturated rings. The number of hydrogen-bond donors (Lipinski definition) is 1. The molecule has 0 radical (unpaired) electrons. The maximum atomic E-state index is 3.44. The molecule has 1 heteroatoms. The maximum absolute atomic E-state index is 3.44. The number of allylic oxidation sites excluding steroid dienone is 4. The lowest BCUT2D eigenvalue weighted by Crippen LogP contribution is -2.17. The smallest absolute Gasteiger partial charge is 0.0298 e. The van der Waals surface area contributed by atoms with Crippen molar-refractivity contribution in [1.82, 2.24) is 5.32 Å². The molecular weight excluding hydrogens is 146 g/mol. The fourth-order valence-corrected chi connectivity index (χ4v) is 1.87. The van der Waals surface area contributed by atoms with Crippen molar-refractivity contribution >= 4 is 0 Å². The maximum Gasteiger partial charge on any atom is 0.0298 e. The molecule has 0 spiro atoms. The second-order valence-corrected chi connectivity index (χ2v) is 3.66. The summed E-state index contributed by atoms with van der Waals surface area (Å²) in [6.07, 6.45) is 9.00. The second kappa shape index (κ2) is 2.91. The van der Waals surface area contributed by atoms with Crippen molar-refractivity contribution in [1.29, 1.82) is 0 Å².